The van der Waals surface area contributed by atoms with E-state index in [2.05, 4.69) is 0 Å². The van der Waals surface area contributed by atoms with Crippen molar-refractivity contribution < 1.29 is 9.32 Å². The second-order valence-corrected chi connectivity index (χ2v) is 7.99. The molecule has 1 N–H and O–H groups in total. The van der Waals surface area contributed by atoms with E-state index in [1.807, 2.05) is 66.7 Å². The molecule has 0 saturated carbocycles. The van der Waals surface area contributed by atoms with E-state index < -0.39 is 16.4 Å². The molecule has 0 spiro atoms. The molecule has 144 valence electrons. The Balaban J connectivity index is 2.08. The third kappa shape index (κ3) is 3.41. The lowest BCUT2D eigenvalue weighted by Gasteiger charge is -2.19. The normalized spacial score (nSPS) is 11.9. The molecule has 4 nitrogen and oxygen atoms in total. The quantitative estimate of drug-likeness (QED) is 0.540. The molecular formula is C24H19NO3S. The van der Waals surface area contributed by atoms with E-state index in [0.29, 0.717) is 21.8 Å². The molecule has 0 bridgehead atoms. The van der Waals surface area contributed by atoms with E-state index in [4.69, 9.17) is 0 Å². The maximum Gasteiger partial charge on any atom is 0.276 e. The summed E-state index contributed by atoms with van der Waals surface area (Å²) in [5.74, 6) is -0.233. The third-order valence-electron chi connectivity index (χ3n) is 4.75. The first-order valence-electron chi connectivity index (χ1n) is 9.16. The summed E-state index contributed by atoms with van der Waals surface area (Å²) in [6, 6.07) is 27.3. The standard InChI is InChI=1S/C24H19NO3S/c1-17-21(18-11-5-2-6-12-18)25(19-13-7-3-8-14-19)24(27)23(22(17)26)29(28)20-15-9-4-10-16-20/h2-16,26H,1H3/t29-/m1/s1. The van der Waals surface area contributed by atoms with Crippen LogP contribution in [0, 0.1) is 6.92 Å². The summed E-state index contributed by atoms with van der Waals surface area (Å²) in [5.41, 5.74) is 2.01. The number of aromatic hydroxyl groups is 1. The van der Waals surface area contributed by atoms with Gasteiger partial charge in [0.25, 0.3) is 5.56 Å². The Kier molecular flexibility index (Phi) is 5.14. The van der Waals surface area contributed by atoms with Crippen molar-refractivity contribution in [2.24, 2.45) is 0 Å². The zero-order valence-electron chi connectivity index (χ0n) is 15.8. The molecule has 1 aromatic heterocycles. The number of nitrogens with zero attached hydrogens (tertiary/aromatic N) is 1. The van der Waals surface area contributed by atoms with Gasteiger partial charge in [-0.1, -0.05) is 66.7 Å². The van der Waals surface area contributed by atoms with Crippen LogP contribution in [0.4, 0.5) is 0 Å². The minimum Gasteiger partial charge on any atom is -0.506 e. The Bertz CT molecular complexity index is 1230. The molecule has 4 aromatic rings. The number of aromatic nitrogens is 1. The highest BCUT2D eigenvalue weighted by Crippen LogP contribution is 2.34. The smallest absolute Gasteiger partial charge is 0.276 e. The average molecular weight is 401 g/mol. The predicted molar refractivity (Wildman–Crippen MR) is 115 cm³/mol. The van der Waals surface area contributed by atoms with Crippen LogP contribution < -0.4 is 5.56 Å². The predicted octanol–water partition coefficient (Wildman–Crippen LogP) is 4.69. The van der Waals surface area contributed by atoms with Crippen LogP contribution >= 0.6 is 0 Å². The van der Waals surface area contributed by atoms with Crippen molar-refractivity contribution in [2.75, 3.05) is 0 Å². The Hall–Kier alpha value is -3.44. The maximum atomic E-state index is 13.6. The lowest BCUT2D eigenvalue weighted by molar-refractivity contribution is 0.452. The molecule has 1 heterocycles. The van der Waals surface area contributed by atoms with Crippen molar-refractivity contribution in [2.45, 2.75) is 16.7 Å². The van der Waals surface area contributed by atoms with Gasteiger partial charge < -0.3 is 5.11 Å². The van der Waals surface area contributed by atoms with Crippen LogP contribution in [0.5, 0.6) is 5.75 Å². The summed E-state index contributed by atoms with van der Waals surface area (Å²) in [6.07, 6.45) is 0. The van der Waals surface area contributed by atoms with Gasteiger partial charge in [-0.3, -0.25) is 9.36 Å². The largest absolute Gasteiger partial charge is 0.506 e. The Labute approximate surface area is 171 Å². The molecule has 0 aliphatic carbocycles. The SMILES string of the molecule is Cc1c(O)c([S@](=O)c2ccccc2)c(=O)n(-c2ccccc2)c1-c1ccccc1. The molecular weight excluding hydrogens is 382 g/mol. The van der Waals surface area contributed by atoms with Crippen LogP contribution in [0.25, 0.3) is 16.9 Å². The zero-order chi connectivity index (χ0) is 20.4. The first-order chi connectivity index (χ1) is 14.1. The maximum absolute atomic E-state index is 13.6. The lowest BCUT2D eigenvalue weighted by atomic mass is 10.0. The van der Waals surface area contributed by atoms with E-state index in [1.165, 1.54) is 4.57 Å². The minimum atomic E-state index is -1.81. The molecule has 0 aliphatic rings. The minimum absolute atomic E-state index is 0.114. The summed E-state index contributed by atoms with van der Waals surface area (Å²) < 4.78 is 14.7. The first kappa shape index (κ1) is 18.9. The number of benzene rings is 3. The Morgan fingerprint density at radius 1 is 0.793 bits per heavy atom. The summed E-state index contributed by atoms with van der Waals surface area (Å²) >= 11 is 0. The monoisotopic (exact) mass is 401 g/mol. The molecule has 0 unspecified atom stereocenters. The third-order valence-corrected chi connectivity index (χ3v) is 6.19. The van der Waals surface area contributed by atoms with E-state index in [1.54, 1.807) is 31.2 Å². The molecule has 0 aliphatic heterocycles. The van der Waals surface area contributed by atoms with Crippen LogP contribution in [-0.4, -0.2) is 13.9 Å². The number of pyridine rings is 1. The Morgan fingerprint density at radius 2 is 1.31 bits per heavy atom. The van der Waals surface area contributed by atoms with Gasteiger partial charge in [0.2, 0.25) is 0 Å². The van der Waals surface area contributed by atoms with Crippen LogP contribution in [-0.2, 0) is 10.8 Å². The molecule has 5 heteroatoms. The molecule has 1 atom stereocenters. The first-order valence-corrected chi connectivity index (χ1v) is 10.3. The van der Waals surface area contributed by atoms with Crippen LogP contribution in [0.1, 0.15) is 5.56 Å². The zero-order valence-corrected chi connectivity index (χ0v) is 16.6. The highest BCUT2D eigenvalue weighted by atomic mass is 32.2. The Morgan fingerprint density at radius 3 is 1.90 bits per heavy atom. The van der Waals surface area contributed by atoms with Crippen molar-refractivity contribution in [3.63, 3.8) is 0 Å². The van der Waals surface area contributed by atoms with E-state index in [-0.39, 0.29) is 10.6 Å². The van der Waals surface area contributed by atoms with Crippen molar-refractivity contribution in [3.05, 3.63) is 107 Å². The fourth-order valence-electron chi connectivity index (χ4n) is 3.35. The lowest BCUT2D eigenvalue weighted by Crippen LogP contribution is -2.25. The molecule has 4 rings (SSSR count). The fourth-order valence-corrected chi connectivity index (χ4v) is 4.57. The number of rotatable bonds is 4. The van der Waals surface area contributed by atoms with Crippen molar-refractivity contribution in [3.8, 4) is 22.7 Å². The van der Waals surface area contributed by atoms with Gasteiger partial charge in [0.1, 0.15) is 5.75 Å². The van der Waals surface area contributed by atoms with Gasteiger partial charge in [-0.25, -0.2) is 4.21 Å². The van der Waals surface area contributed by atoms with Crippen molar-refractivity contribution >= 4 is 10.8 Å². The summed E-state index contributed by atoms with van der Waals surface area (Å²) in [5, 5.41) is 10.9. The van der Waals surface area contributed by atoms with Crippen molar-refractivity contribution in [1.29, 1.82) is 0 Å². The van der Waals surface area contributed by atoms with Gasteiger partial charge in [-0.15, -0.1) is 0 Å². The highest BCUT2D eigenvalue weighted by molar-refractivity contribution is 7.85. The number of hydrogen-bond donors (Lipinski definition) is 1. The molecule has 0 fully saturated rings. The van der Waals surface area contributed by atoms with Gasteiger partial charge in [0.15, 0.2) is 4.90 Å². The van der Waals surface area contributed by atoms with Gasteiger partial charge in [-0.05, 0) is 36.8 Å². The van der Waals surface area contributed by atoms with E-state index in [9.17, 15) is 14.1 Å². The summed E-state index contributed by atoms with van der Waals surface area (Å²) in [7, 11) is -1.81. The average Bonchev–Trinajstić information content (AvgIpc) is 2.78. The van der Waals surface area contributed by atoms with Gasteiger partial charge in [0, 0.05) is 16.1 Å². The molecule has 0 radical (unpaired) electrons. The highest BCUT2D eigenvalue weighted by Gasteiger charge is 2.25. The second kappa shape index (κ2) is 7.89. The molecule has 29 heavy (non-hydrogen) atoms. The molecule has 0 saturated heterocycles. The van der Waals surface area contributed by atoms with E-state index >= 15 is 0 Å². The molecule has 0 amide bonds. The van der Waals surface area contributed by atoms with E-state index in [0.717, 1.165) is 5.56 Å². The van der Waals surface area contributed by atoms with Gasteiger partial charge in [0.05, 0.1) is 16.5 Å². The van der Waals surface area contributed by atoms with Gasteiger partial charge >= 0.3 is 0 Å². The second-order valence-electron chi connectivity index (χ2n) is 6.58. The van der Waals surface area contributed by atoms with Crippen LogP contribution in [0.3, 0.4) is 0 Å². The van der Waals surface area contributed by atoms with Crippen LogP contribution in [0.15, 0.2) is 106 Å². The summed E-state index contributed by atoms with van der Waals surface area (Å²) in [4.78, 5) is 13.9. The van der Waals surface area contributed by atoms with Gasteiger partial charge in [-0.2, -0.15) is 0 Å². The fraction of sp³-hybridized carbons (Fsp3) is 0.0417. The topological polar surface area (TPSA) is 59.3 Å². The molecule has 3 aromatic carbocycles. The summed E-state index contributed by atoms with van der Waals surface area (Å²) in [6.45, 7) is 1.74. The van der Waals surface area contributed by atoms with Crippen molar-refractivity contribution in [1.82, 2.24) is 4.57 Å². The number of hydrogen-bond acceptors (Lipinski definition) is 3. The number of para-hydroxylation sites is 1. The van der Waals surface area contributed by atoms with Crippen LogP contribution in [0.2, 0.25) is 0 Å².